The second-order valence-electron chi connectivity index (χ2n) is 7.49. The van der Waals surface area contributed by atoms with Crippen molar-refractivity contribution in [2.24, 2.45) is 0 Å². The van der Waals surface area contributed by atoms with Crippen molar-refractivity contribution in [1.82, 2.24) is 5.32 Å². The minimum Gasteiger partial charge on any atom is -0.345 e. The van der Waals surface area contributed by atoms with Gasteiger partial charge in [-0.2, -0.15) is 0 Å². The summed E-state index contributed by atoms with van der Waals surface area (Å²) < 4.78 is 0. The van der Waals surface area contributed by atoms with Gasteiger partial charge in [-0.3, -0.25) is 19.3 Å². The third kappa shape index (κ3) is 4.47. The molecule has 0 unspecified atom stereocenters. The normalized spacial score (nSPS) is 15.9. The number of hydrogen-bond acceptors (Lipinski definition) is 3. The van der Waals surface area contributed by atoms with Gasteiger partial charge in [-0.25, -0.2) is 0 Å². The van der Waals surface area contributed by atoms with Gasteiger partial charge in [0.25, 0.3) is 5.91 Å². The van der Waals surface area contributed by atoms with E-state index in [4.69, 9.17) is 0 Å². The van der Waals surface area contributed by atoms with Crippen molar-refractivity contribution in [3.63, 3.8) is 0 Å². The maximum atomic E-state index is 13.5. The van der Waals surface area contributed by atoms with Crippen LogP contribution in [0.3, 0.4) is 0 Å². The number of para-hydroxylation sites is 2. The highest BCUT2D eigenvalue weighted by molar-refractivity contribution is 6.10. The Morgan fingerprint density at radius 1 is 0.931 bits per heavy atom. The minimum absolute atomic E-state index is 0.201. The number of benzene rings is 2. The van der Waals surface area contributed by atoms with Gasteiger partial charge in [-0.15, -0.1) is 0 Å². The smallest absolute Gasteiger partial charge is 0.250 e. The zero-order chi connectivity index (χ0) is 20.9. The topological polar surface area (TPSA) is 78.5 Å². The van der Waals surface area contributed by atoms with E-state index >= 15 is 0 Å². The summed E-state index contributed by atoms with van der Waals surface area (Å²) in [5.41, 5.74) is 0.347. The molecule has 0 spiro atoms. The van der Waals surface area contributed by atoms with Crippen LogP contribution in [0.2, 0.25) is 0 Å². The van der Waals surface area contributed by atoms with Crippen LogP contribution in [-0.4, -0.2) is 29.3 Å². The molecule has 0 saturated heterocycles. The van der Waals surface area contributed by atoms with Gasteiger partial charge < -0.3 is 10.6 Å². The maximum absolute atomic E-state index is 13.5. The number of carbonyl (C=O) groups excluding carboxylic acids is 3. The number of amides is 3. The van der Waals surface area contributed by atoms with Crippen molar-refractivity contribution in [2.45, 2.75) is 51.1 Å². The third-order valence-electron chi connectivity index (χ3n) is 5.34. The molecule has 0 heterocycles. The van der Waals surface area contributed by atoms with Crippen LogP contribution >= 0.6 is 0 Å². The average Bonchev–Trinajstić information content (AvgIpc) is 3.20. The molecule has 1 aliphatic rings. The first-order valence-electron chi connectivity index (χ1n) is 9.97. The van der Waals surface area contributed by atoms with Gasteiger partial charge in [-0.05, 0) is 44.0 Å². The molecule has 3 amide bonds. The zero-order valence-electron chi connectivity index (χ0n) is 16.9. The Kier molecular flexibility index (Phi) is 6.32. The lowest BCUT2D eigenvalue weighted by atomic mass is 9.91. The van der Waals surface area contributed by atoms with Crippen molar-refractivity contribution < 1.29 is 14.4 Å². The summed E-state index contributed by atoms with van der Waals surface area (Å²) >= 11 is 0. The number of carbonyl (C=O) groups is 3. The van der Waals surface area contributed by atoms with E-state index in [1.165, 1.54) is 6.92 Å². The fourth-order valence-corrected chi connectivity index (χ4v) is 4.00. The number of rotatable bonds is 6. The quantitative estimate of drug-likeness (QED) is 0.788. The Morgan fingerprint density at radius 2 is 1.48 bits per heavy atom. The Labute approximate surface area is 171 Å². The molecule has 1 saturated carbocycles. The molecule has 0 aliphatic heterocycles. The number of anilines is 2. The van der Waals surface area contributed by atoms with Gasteiger partial charge in [0.2, 0.25) is 11.8 Å². The molecule has 1 fully saturated rings. The molecule has 2 aromatic carbocycles. The van der Waals surface area contributed by atoms with Crippen LogP contribution in [0.25, 0.3) is 0 Å². The summed E-state index contributed by atoms with van der Waals surface area (Å²) in [6.07, 6.45) is 2.85. The van der Waals surface area contributed by atoms with Crippen LogP contribution in [0.15, 0.2) is 60.7 Å². The van der Waals surface area contributed by atoms with E-state index < -0.39 is 11.6 Å². The minimum atomic E-state index is -0.999. The Hall–Kier alpha value is -3.15. The highest BCUT2D eigenvalue weighted by Gasteiger charge is 2.50. The van der Waals surface area contributed by atoms with Crippen LogP contribution in [0.5, 0.6) is 0 Å². The van der Waals surface area contributed by atoms with E-state index in [0.717, 1.165) is 12.8 Å². The highest BCUT2D eigenvalue weighted by Crippen LogP contribution is 2.40. The molecule has 0 aromatic heterocycles. The van der Waals surface area contributed by atoms with Gasteiger partial charge in [0.05, 0.1) is 0 Å². The highest BCUT2D eigenvalue weighted by atomic mass is 16.2. The Balaban J connectivity index is 2.01. The maximum Gasteiger partial charge on any atom is 0.250 e. The lowest BCUT2D eigenvalue weighted by molar-refractivity contribution is -0.129. The summed E-state index contributed by atoms with van der Waals surface area (Å²) in [4.78, 5) is 40.1. The van der Waals surface area contributed by atoms with E-state index in [2.05, 4.69) is 10.6 Å². The van der Waals surface area contributed by atoms with Gasteiger partial charge >= 0.3 is 0 Å². The molecule has 2 N–H and O–H groups in total. The molecule has 0 bridgehead atoms. The summed E-state index contributed by atoms with van der Waals surface area (Å²) in [5, 5.41) is 5.65. The first-order chi connectivity index (χ1) is 13.9. The SMILES string of the molecule is CC(=O)N[C@H](C)C(=O)N(c1ccccc1)C1(C(=O)Nc2ccccc2)CCCC1. The molecular formula is C23H27N3O3. The number of nitrogens with one attached hydrogen (secondary N) is 2. The largest absolute Gasteiger partial charge is 0.345 e. The lowest BCUT2D eigenvalue weighted by Crippen LogP contribution is -2.61. The van der Waals surface area contributed by atoms with Gasteiger partial charge in [-0.1, -0.05) is 49.2 Å². The molecule has 29 heavy (non-hydrogen) atoms. The Bertz CT molecular complexity index is 861. The standard InChI is InChI=1S/C23H27N3O3/c1-17(24-18(2)27)21(28)26(20-13-7-4-8-14-20)23(15-9-10-16-23)22(29)25-19-11-5-3-6-12-19/h3-8,11-14,17H,9-10,15-16H2,1-2H3,(H,24,27)(H,25,29)/t17-/m1/s1. The average molecular weight is 393 g/mol. The second kappa shape index (κ2) is 8.90. The molecular weight excluding hydrogens is 366 g/mol. The third-order valence-corrected chi connectivity index (χ3v) is 5.34. The van der Waals surface area contributed by atoms with Crippen molar-refractivity contribution in [3.05, 3.63) is 60.7 Å². The van der Waals surface area contributed by atoms with E-state index in [1.54, 1.807) is 11.8 Å². The van der Waals surface area contributed by atoms with Crippen molar-refractivity contribution >= 4 is 29.1 Å². The van der Waals surface area contributed by atoms with Crippen LogP contribution in [0, 0.1) is 0 Å². The second-order valence-corrected chi connectivity index (χ2v) is 7.49. The van der Waals surface area contributed by atoms with E-state index in [9.17, 15) is 14.4 Å². The summed E-state index contributed by atoms with van der Waals surface area (Å²) in [6.45, 7) is 3.03. The number of hydrogen-bond donors (Lipinski definition) is 2. The van der Waals surface area contributed by atoms with Crippen molar-refractivity contribution in [2.75, 3.05) is 10.2 Å². The lowest BCUT2D eigenvalue weighted by Gasteiger charge is -2.41. The zero-order valence-corrected chi connectivity index (χ0v) is 16.9. The molecule has 1 aliphatic carbocycles. The summed E-state index contributed by atoms with van der Waals surface area (Å²) in [6, 6.07) is 17.7. The predicted octanol–water partition coefficient (Wildman–Crippen LogP) is 3.50. The molecule has 0 radical (unpaired) electrons. The van der Waals surface area contributed by atoms with Gasteiger partial charge in [0, 0.05) is 18.3 Å². The summed E-state index contributed by atoms with van der Waals surface area (Å²) in [7, 11) is 0. The number of nitrogens with zero attached hydrogens (tertiary/aromatic N) is 1. The van der Waals surface area contributed by atoms with Crippen LogP contribution < -0.4 is 15.5 Å². The molecule has 6 heteroatoms. The van der Waals surface area contributed by atoms with Crippen LogP contribution in [-0.2, 0) is 14.4 Å². The van der Waals surface area contributed by atoms with Gasteiger partial charge in [0.1, 0.15) is 11.6 Å². The molecule has 1 atom stereocenters. The van der Waals surface area contributed by atoms with Crippen molar-refractivity contribution in [1.29, 1.82) is 0 Å². The summed E-state index contributed by atoms with van der Waals surface area (Å²) in [5.74, 6) is -0.780. The van der Waals surface area contributed by atoms with Crippen LogP contribution in [0.4, 0.5) is 11.4 Å². The fraction of sp³-hybridized carbons (Fsp3) is 0.348. The first-order valence-corrected chi connectivity index (χ1v) is 9.97. The van der Waals surface area contributed by atoms with Crippen molar-refractivity contribution in [3.8, 4) is 0 Å². The molecule has 2 aromatic rings. The van der Waals surface area contributed by atoms with E-state index in [1.807, 2.05) is 60.7 Å². The molecule has 3 rings (SSSR count). The fourth-order valence-electron chi connectivity index (χ4n) is 4.00. The van der Waals surface area contributed by atoms with Crippen LogP contribution in [0.1, 0.15) is 39.5 Å². The van der Waals surface area contributed by atoms with E-state index in [0.29, 0.717) is 24.2 Å². The van der Waals surface area contributed by atoms with E-state index in [-0.39, 0.29) is 17.7 Å². The van der Waals surface area contributed by atoms with Gasteiger partial charge in [0.15, 0.2) is 0 Å². The molecule has 152 valence electrons. The monoisotopic (exact) mass is 393 g/mol. The first kappa shape index (κ1) is 20.6. The Morgan fingerprint density at radius 3 is 2.03 bits per heavy atom. The predicted molar refractivity (Wildman–Crippen MR) is 113 cm³/mol. The molecule has 6 nitrogen and oxygen atoms in total.